The summed E-state index contributed by atoms with van der Waals surface area (Å²) in [6, 6.07) is 6.06. The zero-order chi connectivity index (χ0) is 19.3. The molecule has 0 bridgehead atoms. The molecular formula is C17H17FN6O2S2. The lowest BCUT2D eigenvalue weighted by Crippen LogP contribution is -2.18. The highest BCUT2D eigenvalue weighted by Crippen LogP contribution is 2.25. The van der Waals surface area contributed by atoms with E-state index in [0.29, 0.717) is 22.5 Å². The second kappa shape index (κ2) is 8.76. The third-order valence-corrected chi connectivity index (χ3v) is 5.84. The molecule has 28 heavy (non-hydrogen) atoms. The van der Waals surface area contributed by atoms with Crippen molar-refractivity contribution < 1.29 is 13.9 Å². The van der Waals surface area contributed by atoms with E-state index in [1.807, 2.05) is 5.38 Å². The lowest BCUT2D eigenvalue weighted by Gasteiger charge is -2.09. The number of ether oxygens (including phenoxy) is 1. The topological polar surface area (TPSA) is 94.8 Å². The predicted molar refractivity (Wildman–Crippen MR) is 104 cm³/mol. The molecule has 8 nitrogen and oxygen atoms in total. The van der Waals surface area contributed by atoms with Crippen molar-refractivity contribution >= 4 is 34.1 Å². The maximum Gasteiger partial charge on any atom is 0.236 e. The number of halogens is 1. The van der Waals surface area contributed by atoms with Gasteiger partial charge in [-0.25, -0.2) is 14.1 Å². The summed E-state index contributed by atoms with van der Waals surface area (Å²) >= 11 is 2.58. The van der Waals surface area contributed by atoms with Crippen molar-refractivity contribution in [2.45, 2.75) is 30.6 Å². The minimum Gasteiger partial charge on any atom is -0.376 e. The number of nitrogens with zero attached hydrogens (tertiary/aromatic N) is 5. The molecule has 11 heteroatoms. The number of hydrogen-bond acceptors (Lipinski definition) is 8. The summed E-state index contributed by atoms with van der Waals surface area (Å²) in [5.74, 6) is -0.333. The van der Waals surface area contributed by atoms with Crippen molar-refractivity contribution in [3.05, 3.63) is 35.5 Å². The number of carbonyl (C=O) groups excluding carboxylic acids is 1. The SMILES string of the molecule is O=C(CSc1nnnn1CC1CCCO1)Nc1nc(-c2ccc(F)cc2)cs1. The zero-order valence-corrected chi connectivity index (χ0v) is 16.4. The van der Waals surface area contributed by atoms with E-state index in [9.17, 15) is 9.18 Å². The zero-order valence-electron chi connectivity index (χ0n) is 14.7. The average Bonchev–Trinajstić information content (AvgIpc) is 3.44. The number of benzene rings is 1. The monoisotopic (exact) mass is 420 g/mol. The molecule has 1 aliphatic rings. The van der Waals surface area contributed by atoms with Crippen LogP contribution in [0.25, 0.3) is 11.3 Å². The molecule has 1 aliphatic heterocycles. The molecule has 1 saturated heterocycles. The van der Waals surface area contributed by atoms with Gasteiger partial charge in [-0.2, -0.15) is 0 Å². The molecule has 3 aromatic rings. The molecule has 1 atom stereocenters. The molecule has 0 radical (unpaired) electrons. The Kier molecular flexibility index (Phi) is 5.93. The number of thioether (sulfide) groups is 1. The Morgan fingerprint density at radius 3 is 3.04 bits per heavy atom. The lowest BCUT2D eigenvalue weighted by molar-refractivity contribution is -0.113. The normalized spacial score (nSPS) is 16.4. The van der Waals surface area contributed by atoms with Gasteiger partial charge in [-0.3, -0.25) is 4.79 Å². The molecule has 4 rings (SSSR count). The molecule has 1 aromatic carbocycles. The first-order valence-electron chi connectivity index (χ1n) is 8.69. The highest BCUT2D eigenvalue weighted by atomic mass is 32.2. The third kappa shape index (κ3) is 4.72. The van der Waals surface area contributed by atoms with Crippen LogP contribution in [0.5, 0.6) is 0 Å². The van der Waals surface area contributed by atoms with Gasteiger partial charge in [0.2, 0.25) is 11.1 Å². The molecule has 1 amide bonds. The quantitative estimate of drug-likeness (QED) is 0.587. The van der Waals surface area contributed by atoms with E-state index in [1.54, 1.807) is 16.8 Å². The molecule has 2 aromatic heterocycles. The highest BCUT2D eigenvalue weighted by molar-refractivity contribution is 7.99. The van der Waals surface area contributed by atoms with Crippen molar-refractivity contribution in [1.82, 2.24) is 25.2 Å². The van der Waals surface area contributed by atoms with Gasteiger partial charge in [-0.1, -0.05) is 11.8 Å². The van der Waals surface area contributed by atoms with Crippen LogP contribution in [0.15, 0.2) is 34.8 Å². The Morgan fingerprint density at radius 1 is 1.39 bits per heavy atom. The van der Waals surface area contributed by atoms with Gasteiger partial charge in [0.1, 0.15) is 5.82 Å². The second-order valence-corrected chi connectivity index (χ2v) is 7.96. The van der Waals surface area contributed by atoms with E-state index in [-0.39, 0.29) is 23.6 Å². The van der Waals surface area contributed by atoms with Gasteiger partial charge in [0.05, 0.1) is 24.1 Å². The maximum absolute atomic E-state index is 13.0. The third-order valence-electron chi connectivity index (χ3n) is 4.12. The number of tetrazole rings is 1. The molecule has 1 fully saturated rings. The minimum atomic E-state index is -0.300. The summed E-state index contributed by atoms with van der Waals surface area (Å²) in [5.41, 5.74) is 1.48. The van der Waals surface area contributed by atoms with Crippen LogP contribution in [-0.2, 0) is 16.1 Å². The van der Waals surface area contributed by atoms with Crippen LogP contribution in [0.4, 0.5) is 9.52 Å². The number of aromatic nitrogens is 5. The van der Waals surface area contributed by atoms with Crippen molar-refractivity contribution in [2.24, 2.45) is 0 Å². The van der Waals surface area contributed by atoms with Gasteiger partial charge < -0.3 is 10.1 Å². The van der Waals surface area contributed by atoms with E-state index in [0.717, 1.165) is 25.0 Å². The van der Waals surface area contributed by atoms with Crippen LogP contribution < -0.4 is 5.32 Å². The van der Waals surface area contributed by atoms with Crippen molar-refractivity contribution in [3.8, 4) is 11.3 Å². The number of hydrogen-bond donors (Lipinski definition) is 1. The van der Waals surface area contributed by atoms with E-state index in [2.05, 4.69) is 25.8 Å². The van der Waals surface area contributed by atoms with Crippen LogP contribution >= 0.6 is 23.1 Å². The average molecular weight is 420 g/mol. The largest absolute Gasteiger partial charge is 0.376 e. The van der Waals surface area contributed by atoms with E-state index in [1.165, 1.54) is 35.2 Å². The number of carbonyl (C=O) groups is 1. The first-order chi connectivity index (χ1) is 13.7. The predicted octanol–water partition coefficient (Wildman–Crippen LogP) is 2.85. The fraction of sp³-hybridized carbons (Fsp3) is 0.353. The van der Waals surface area contributed by atoms with Gasteiger partial charge in [-0.15, -0.1) is 16.4 Å². The maximum atomic E-state index is 13.0. The van der Waals surface area contributed by atoms with Crippen LogP contribution in [0.3, 0.4) is 0 Å². The summed E-state index contributed by atoms with van der Waals surface area (Å²) in [4.78, 5) is 16.6. The van der Waals surface area contributed by atoms with Crippen LogP contribution in [0, 0.1) is 5.82 Å². The summed E-state index contributed by atoms with van der Waals surface area (Å²) in [5, 5.41) is 17.3. The van der Waals surface area contributed by atoms with Crippen LogP contribution in [-0.4, -0.2) is 49.6 Å². The van der Waals surface area contributed by atoms with Gasteiger partial charge in [0, 0.05) is 17.6 Å². The fourth-order valence-electron chi connectivity index (χ4n) is 2.77. The van der Waals surface area contributed by atoms with Crippen molar-refractivity contribution in [3.63, 3.8) is 0 Å². The van der Waals surface area contributed by atoms with Crippen molar-refractivity contribution in [2.75, 3.05) is 17.7 Å². The molecular weight excluding hydrogens is 403 g/mol. The number of nitrogens with one attached hydrogen (secondary N) is 1. The minimum absolute atomic E-state index is 0.122. The Morgan fingerprint density at radius 2 is 2.25 bits per heavy atom. The second-order valence-electron chi connectivity index (χ2n) is 6.16. The van der Waals surface area contributed by atoms with Gasteiger partial charge >= 0.3 is 0 Å². The van der Waals surface area contributed by atoms with Crippen molar-refractivity contribution in [1.29, 1.82) is 0 Å². The highest BCUT2D eigenvalue weighted by Gasteiger charge is 2.19. The van der Waals surface area contributed by atoms with Gasteiger partial charge in [0.25, 0.3) is 0 Å². The summed E-state index contributed by atoms with van der Waals surface area (Å²) in [7, 11) is 0. The number of rotatable bonds is 7. The van der Waals surface area contributed by atoms with E-state index < -0.39 is 0 Å². The smallest absolute Gasteiger partial charge is 0.236 e. The molecule has 1 unspecified atom stereocenters. The van der Waals surface area contributed by atoms with Crippen LogP contribution in [0.2, 0.25) is 0 Å². The van der Waals surface area contributed by atoms with Gasteiger partial charge in [0.15, 0.2) is 5.13 Å². The van der Waals surface area contributed by atoms with E-state index in [4.69, 9.17) is 4.74 Å². The summed E-state index contributed by atoms with van der Waals surface area (Å²) in [6.07, 6.45) is 2.16. The van der Waals surface area contributed by atoms with E-state index >= 15 is 0 Å². The summed E-state index contributed by atoms with van der Waals surface area (Å²) < 4.78 is 20.3. The summed E-state index contributed by atoms with van der Waals surface area (Å²) in [6.45, 7) is 1.36. The molecule has 3 heterocycles. The number of thiazole rings is 1. The Balaban J connectivity index is 1.30. The molecule has 0 aliphatic carbocycles. The standard InChI is InChI=1S/C17H17FN6O2S2/c18-12-5-3-11(4-6-12)14-9-27-16(19-14)20-15(25)10-28-17-21-22-23-24(17)8-13-2-1-7-26-13/h3-6,9,13H,1-2,7-8,10H2,(H,19,20,25). The Bertz CT molecular complexity index is 939. The number of anilines is 1. The molecule has 146 valence electrons. The van der Waals surface area contributed by atoms with Gasteiger partial charge in [-0.05, 0) is 47.5 Å². The molecule has 0 spiro atoms. The first-order valence-corrected chi connectivity index (χ1v) is 10.6. The Labute approximate surface area is 168 Å². The van der Waals surface area contributed by atoms with Crippen LogP contribution in [0.1, 0.15) is 12.8 Å². The number of amides is 1. The fourth-order valence-corrected chi connectivity index (χ4v) is 4.19. The molecule has 1 N–H and O–H groups in total. The molecule has 0 saturated carbocycles. The first kappa shape index (κ1) is 19.0. The lowest BCUT2D eigenvalue weighted by atomic mass is 10.2. The Hall–Kier alpha value is -2.37.